The van der Waals surface area contributed by atoms with E-state index in [1.165, 1.54) is 11.8 Å². The molecule has 1 aliphatic carbocycles. The molecule has 5 nitrogen and oxygen atoms in total. The molecule has 27 heavy (non-hydrogen) atoms. The number of anilines is 1. The van der Waals surface area contributed by atoms with E-state index < -0.39 is 12.1 Å². The van der Waals surface area contributed by atoms with E-state index in [4.69, 9.17) is 5.73 Å². The summed E-state index contributed by atoms with van der Waals surface area (Å²) in [5, 5.41) is 7.58. The molecular weight excluding hydrogens is 343 g/mol. The number of alkyl halides is 1. The molecule has 1 fully saturated rings. The Labute approximate surface area is 157 Å². The SMILES string of the molecule is CCc1ccccc1-c1cc2c(N[C@@H]3CCC[C@@H]3F)c(C(N)=O)cnn2c1. The maximum atomic E-state index is 14.2. The average Bonchev–Trinajstić information content (AvgIpc) is 3.28. The molecule has 1 amide bonds. The number of fused-ring (bicyclic) bond motifs is 1. The number of carbonyl (C=O) groups excluding carboxylic acids is 1. The second kappa shape index (κ2) is 7.02. The summed E-state index contributed by atoms with van der Waals surface area (Å²) in [4.78, 5) is 11.9. The predicted molar refractivity (Wildman–Crippen MR) is 105 cm³/mol. The Morgan fingerprint density at radius 1 is 1.37 bits per heavy atom. The van der Waals surface area contributed by atoms with Crippen molar-refractivity contribution in [2.24, 2.45) is 5.73 Å². The van der Waals surface area contributed by atoms with Crippen LogP contribution in [0.4, 0.5) is 10.1 Å². The number of nitrogens with zero attached hydrogens (tertiary/aromatic N) is 2. The first-order valence-electron chi connectivity index (χ1n) is 9.38. The molecule has 2 heterocycles. The third kappa shape index (κ3) is 3.16. The number of amides is 1. The largest absolute Gasteiger partial charge is 0.377 e. The van der Waals surface area contributed by atoms with Crippen LogP contribution in [-0.4, -0.2) is 27.7 Å². The molecule has 0 spiro atoms. The molecule has 4 rings (SSSR count). The van der Waals surface area contributed by atoms with Gasteiger partial charge in [-0.3, -0.25) is 4.79 Å². The van der Waals surface area contributed by atoms with Crippen LogP contribution in [0, 0.1) is 0 Å². The highest BCUT2D eigenvalue weighted by Crippen LogP contribution is 2.33. The number of benzene rings is 1. The molecule has 0 bridgehead atoms. The summed E-state index contributed by atoms with van der Waals surface area (Å²) >= 11 is 0. The zero-order valence-electron chi connectivity index (χ0n) is 15.3. The van der Waals surface area contributed by atoms with Crippen LogP contribution < -0.4 is 11.1 Å². The van der Waals surface area contributed by atoms with E-state index in [1.807, 2.05) is 24.4 Å². The van der Waals surface area contributed by atoms with Gasteiger partial charge in [0.05, 0.1) is 29.0 Å². The normalized spacial score (nSPS) is 19.5. The molecule has 0 radical (unpaired) electrons. The molecule has 140 valence electrons. The lowest BCUT2D eigenvalue weighted by atomic mass is 10.0. The van der Waals surface area contributed by atoms with Crippen LogP contribution in [0.2, 0.25) is 0 Å². The first-order valence-corrected chi connectivity index (χ1v) is 9.38. The zero-order chi connectivity index (χ0) is 19.0. The highest BCUT2D eigenvalue weighted by Gasteiger charge is 2.29. The fourth-order valence-electron chi connectivity index (χ4n) is 3.92. The number of carbonyl (C=O) groups is 1. The smallest absolute Gasteiger partial charge is 0.252 e. The van der Waals surface area contributed by atoms with Crippen molar-refractivity contribution in [3.63, 3.8) is 0 Å². The number of hydrogen-bond donors (Lipinski definition) is 2. The van der Waals surface area contributed by atoms with Crippen LogP contribution >= 0.6 is 0 Å². The highest BCUT2D eigenvalue weighted by atomic mass is 19.1. The van der Waals surface area contributed by atoms with Crippen molar-refractivity contribution in [3.05, 3.63) is 53.9 Å². The van der Waals surface area contributed by atoms with Gasteiger partial charge in [0, 0.05) is 11.8 Å². The van der Waals surface area contributed by atoms with Crippen molar-refractivity contribution in [1.82, 2.24) is 9.61 Å². The maximum Gasteiger partial charge on any atom is 0.252 e. The van der Waals surface area contributed by atoms with Gasteiger partial charge >= 0.3 is 0 Å². The van der Waals surface area contributed by atoms with Crippen LogP contribution in [-0.2, 0) is 6.42 Å². The van der Waals surface area contributed by atoms with Crippen LogP contribution in [0.15, 0.2) is 42.7 Å². The number of hydrogen-bond acceptors (Lipinski definition) is 3. The quantitative estimate of drug-likeness (QED) is 0.718. The van der Waals surface area contributed by atoms with Gasteiger partial charge in [-0.05, 0) is 42.9 Å². The van der Waals surface area contributed by atoms with E-state index in [0.29, 0.717) is 12.1 Å². The standard InChI is InChI=1S/C21H23FN4O/c1-2-13-6-3-4-7-15(13)14-10-19-20(25-18-9-5-8-17(18)22)16(21(23)27)11-24-26(19)12-14/h3-4,6-7,10-12,17-18,25H,2,5,8-9H2,1H3,(H2,23,27)/t17-,18+/m0/s1. The van der Waals surface area contributed by atoms with Crippen LogP contribution in [0.5, 0.6) is 0 Å². The summed E-state index contributed by atoms with van der Waals surface area (Å²) in [7, 11) is 0. The molecule has 0 unspecified atom stereocenters. The van der Waals surface area contributed by atoms with Gasteiger partial charge < -0.3 is 11.1 Å². The fraction of sp³-hybridized carbons (Fsp3) is 0.333. The average molecular weight is 366 g/mol. The minimum absolute atomic E-state index is 0.287. The molecule has 1 aliphatic rings. The Morgan fingerprint density at radius 2 is 2.19 bits per heavy atom. The minimum Gasteiger partial charge on any atom is -0.377 e. The third-order valence-electron chi connectivity index (χ3n) is 5.37. The Morgan fingerprint density at radius 3 is 2.89 bits per heavy atom. The number of aromatic nitrogens is 2. The van der Waals surface area contributed by atoms with Gasteiger partial charge in [0.1, 0.15) is 6.17 Å². The molecule has 0 aliphatic heterocycles. The van der Waals surface area contributed by atoms with E-state index in [9.17, 15) is 9.18 Å². The Kier molecular flexibility index (Phi) is 4.56. The van der Waals surface area contributed by atoms with E-state index in [1.54, 1.807) is 4.52 Å². The summed E-state index contributed by atoms with van der Waals surface area (Å²) in [5.41, 5.74) is 10.5. The molecule has 1 aromatic carbocycles. The zero-order valence-corrected chi connectivity index (χ0v) is 15.3. The van der Waals surface area contributed by atoms with E-state index >= 15 is 0 Å². The van der Waals surface area contributed by atoms with Gasteiger partial charge in [0.15, 0.2) is 0 Å². The first-order chi connectivity index (χ1) is 13.1. The third-order valence-corrected chi connectivity index (χ3v) is 5.37. The van der Waals surface area contributed by atoms with Gasteiger partial charge in [-0.2, -0.15) is 5.10 Å². The molecule has 2 atom stereocenters. The van der Waals surface area contributed by atoms with E-state index in [0.717, 1.165) is 35.9 Å². The molecule has 0 saturated heterocycles. The minimum atomic E-state index is -0.922. The molecule has 2 aromatic heterocycles. The van der Waals surface area contributed by atoms with Crippen molar-refractivity contribution in [2.75, 3.05) is 5.32 Å². The second-order valence-corrected chi connectivity index (χ2v) is 7.06. The number of rotatable bonds is 5. The Hall–Kier alpha value is -2.89. The fourth-order valence-corrected chi connectivity index (χ4v) is 3.92. The number of primary amides is 1. The van der Waals surface area contributed by atoms with Crippen molar-refractivity contribution in [2.45, 2.75) is 44.8 Å². The molecular formula is C21H23FN4O. The van der Waals surface area contributed by atoms with Gasteiger partial charge in [0.25, 0.3) is 5.91 Å². The number of halogens is 1. The maximum absolute atomic E-state index is 14.2. The second-order valence-electron chi connectivity index (χ2n) is 7.06. The van der Waals surface area contributed by atoms with Crippen molar-refractivity contribution in [1.29, 1.82) is 0 Å². The lowest BCUT2D eigenvalue weighted by molar-refractivity contribution is 0.100. The van der Waals surface area contributed by atoms with Gasteiger partial charge in [-0.1, -0.05) is 31.2 Å². The van der Waals surface area contributed by atoms with Crippen molar-refractivity contribution < 1.29 is 9.18 Å². The van der Waals surface area contributed by atoms with Gasteiger partial charge in [-0.25, -0.2) is 8.91 Å². The number of aryl methyl sites for hydroxylation is 1. The lowest BCUT2D eigenvalue weighted by Gasteiger charge is -2.19. The van der Waals surface area contributed by atoms with E-state index in [2.05, 4.69) is 29.5 Å². The summed E-state index contributed by atoms with van der Waals surface area (Å²) in [5.74, 6) is -0.572. The summed E-state index contributed by atoms with van der Waals surface area (Å²) < 4.78 is 15.9. The van der Waals surface area contributed by atoms with Gasteiger partial charge in [0.2, 0.25) is 0 Å². The Balaban J connectivity index is 1.85. The van der Waals surface area contributed by atoms with Crippen molar-refractivity contribution >= 4 is 17.1 Å². The van der Waals surface area contributed by atoms with E-state index in [-0.39, 0.29) is 11.6 Å². The van der Waals surface area contributed by atoms with Gasteiger partial charge in [-0.15, -0.1) is 0 Å². The number of nitrogens with two attached hydrogens (primary N) is 1. The first kappa shape index (κ1) is 17.5. The summed E-state index contributed by atoms with van der Waals surface area (Å²) in [6.07, 6.45) is 5.49. The molecule has 1 saturated carbocycles. The van der Waals surface area contributed by atoms with Crippen LogP contribution in [0.1, 0.15) is 42.1 Å². The predicted octanol–water partition coefficient (Wildman–Crippen LogP) is 3.97. The summed E-state index contributed by atoms with van der Waals surface area (Å²) in [6.45, 7) is 2.12. The molecule has 3 aromatic rings. The summed E-state index contributed by atoms with van der Waals surface area (Å²) in [6, 6.07) is 9.88. The monoisotopic (exact) mass is 366 g/mol. The Bertz CT molecular complexity index is 997. The lowest BCUT2D eigenvalue weighted by Crippen LogP contribution is -2.27. The molecule has 3 N–H and O–H groups in total. The highest BCUT2D eigenvalue weighted by molar-refractivity contribution is 6.02. The molecule has 6 heteroatoms. The topological polar surface area (TPSA) is 72.4 Å². The van der Waals surface area contributed by atoms with Crippen LogP contribution in [0.3, 0.4) is 0 Å². The van der Waals surface area contributed by atoms with Crippen LogP contribution in [0.25, 0.3) is 16.6 Å². The number of nitrogens with one attached hydrogen (secondary N) is 1. The van der Waals surface area contributed by atoms with Crippen molar-refractivity contribution in [3.8, 4) is 11.1 Å².